The van der Waals surface area contributed by atoms with E-state index < -0.39 is 54.9 Å². The molecule has 0 aliphatic heterocycles. The van der Waals surface area contributed by atoms with Crippen molar-refractivity contribution < 1.29 is 40.9 Å². The van der Waals surface area contributed by atoms with Crippen LogP contribution in [-0.2, 0) is 21.2 Å². The van der Waals surface area contributed by atoms with Gasteiger partial charge >= 0.3 is 0 Å². The topological polar surface area (TPSA) is 236 Å². The molecule has 1 atom stereocenters. The zero-order valence-corrected chi connectivity index (χ0v) is 24.5. The minimum Gasteiger partial charge on any atom is -0.397 e. The molecule has 6 rings (SSSR count). The quantitative estimate of drug-likeness (QED) is 0.0634. The first-order valence-electron chi connectivity index (χ1n) is 13.2. The summed E-state index contributed by atoms with van der Waals surface area (Å²) in [4.78, 5) is 52.6. The van der Waals surface area contributed by atoms with Gasteiger partial charge in [0.25, 0.3) is 10.1 Å². The molecule has 0 radical (unpaired) electrons. The van der Waals surface area contributed by atoms with E-state index in [1.165, 1.54) is 36.4 Å². The molecule has 0 saturated heterocycles. The van der Waals surface area contributed by atoms with E-state index in [-0.39, 0.29) is 79.6 Å². The van der Waals surface area contributed by atoms with Gasteiger partial charge in [-0.05, 0) is 12.1 Å². The van der Waals surface area contributed by atoms with Crippen molar-refractivity contribution in [2.24, 2.45) is 0 Å². The monoisotopic (exact) mass is 646 g/mol. The number of carbonyl (C=O) groups excluding carboxylic acids is 4. The lowest BCUT2D eigenvalue weighted by Crippen LogP contribution is -2.27. The summed E-state index contributed by atoms with van der Waals surface area (Å²) >= 11 is -2.62. The van der Waals surface area contributed by atoms with Crippen molar-refractivity contribution in [1.29, 1.82) is 0 Å². The molecule has 2 aliphatic carbocycles. The van der Waals surface area contributed by atoms with Crippen LogP contribution in [-0.4, -0.2) is 58.0 Å². The summed E-state index contributed by atoms with van der Waals surface area (Å²) in [6.45, 7) is -0.143. The lowest BCUT2D eigenvalue weighted by atomic mass is 9.82. The van der Waals surface area contributed by atoms with E-state index in [1.54, 1.807) is 18.2 Å². The number of carbonyl (C=O) groups is 4. The molecule has 4 aromatic rings. The van der Waals surface area contributed by atoms with Crippen molar-refractivity contribution in [2.75, 3.05) is 35.2 Å². The first kappa shape index (κ1) is 29.8. The van der Waals surface area contributed by atoms with E-state index in [4.69, 9.17) is 11.5 Å². The van der Waals surface area contributed by atoms with Crippen molar-refractivity contribution in [3.8, 4) is 0 Å². The summed E-state index contributed by atoms with van der Waals surface area (Å²) in [5.74, 6) is -2.44. The van der Waals surface area contributed by atoms with Crippen LogP contribution in [0.4, 0.5) is 22.7 Å². The number of nitrogen functional groups attached to an aromatic ring is 2. The van der Waals surface area contributed by atoms with Gasteiger partial charge in [-0.2, -0.15) is 8.42 Å². The minimum atomic E-state index is -4.92. The Labute approximate surface area is 257 Å². The first-order valence-corrected chi connectivity index (χ1v) is 15.7. The van der Waals surface area contributed by atoms with Gasteiger partial charge < -0.3 is 26.7 Å². The van der Waals surface area contributed by atoms with Crippen LogP contribution >= 0.6 is 0 Å². The third-order valence-electron chi connectivity index (χ3n) is 7.62. The Morgan fingerprint density at radius 2 is 1.02 bits per heavy atom. The van der Waals surface area contributed by atoms with Crippen LogP contribution in [0.15, 0.2) is 70.5 Å². The third-order valence-corrected chi connectivity index (χ3v) is 9.23. The molecule has 0 fully saturated rings. The normalized spacial score (nSPS) is 14.3. The van der Waals surface area contributed by atoms with Gasteiger partial charge in [0.15, 0.2) is 34.2 Å². The van der Waals surface area contributed by atoms with E-state index in [0.29, 0.717) is 0 Å². The molecule has 15 heteroatoms. The maximum absolute atomic E-state index is 13.5. The molecule has 8 N–H and O–H groups in total. The molecule has 13 nitrogen and oxygen atoms in total. The number of fused-ring (bicyclic) bond motifs is 4. The van der Waals surface area contributed by atoms with Crippen LogP contribution < -0.4 is 22.1 Å². The van der Waals surface area contributed by atoms with E-state index in [0.717, 1.165) is 6.07 Å². The molecule has 0 saturated carbocycles. The molecule has 0 amide bonds. The van der Waals surface area contributed by atoms with Gasteiger partial charge in [-0.25, -0.2) is 4.21 Å². The van der Waals surface area contributed by atoms with Crippen LogP contribution in [0.5, 0.6) is 0 Å². The number of nitrogens with two attached hydrogens (primary N) is 2. The fourth-order valence-corrected chi connectivity index (χ4v) is 6.77. The van der Waals surface area contributed by atoms with Gasteiger partial charge in [0, 0.05) is 46.7 Å². The number of ketones is 4. The molecule has 0 bridgehead atoms. The van der Waals surface area contributed by atoms with Crippen molar-refractivity contribution in [3.63, 3.8) is 0 Å². The zero-order valence-electron chi connectivity index (χ0n) is 22.9. The number of hydrogen-bond donors (Lipinski definition) is 6. The molecular formula is C30H22N4O9S2. The highest BCUT2D eigenvalue weighted by Crippen LogP contribution is 2.40. The molecule has 2 aliphatic rings. The summed E-state index contributed by atoms with van der Waals surface area (Å²) < 4.78 is 56.1. The Kier molecular flexibility index (Phi) is 7.12. The highest BCUT2D eigenvalue weighted by atomic mass is 32.2. The molecule has 0 heterocycles. The fourth-order valence-electron chi connectivity index (χ4n) is 5.62. The summed E-state index contributed by atoms with van der Waals surface area (Å²) in [6, 6.07) is 14.2. The van der Waals surface area contributed by atoms with Crippen molar-refractivity contribution in [1.82, 2.24) is 0 Å². The lowest BCUT2D eigenvalue weighted by Gasteiger charge is -2.24. The summed E-state index contributed by atoms with van der Waals surface area (Å²) in [6.07, 6.45) is 0. The Morgan fingerprint density at radius 1 is 0.644 bits per heavy atom. The zero-order chi connectivity index (χ0) is 32.4. The smallest absolute Gasteiger partial charge is 0.296 e. The van der Waals surface area contributed by atoms with Gasteiger partial charge in [0.2, 0.25) is 0 Å². The Bertz CT molecular complexity index is 2180. The Morgan fingerprint density at radius 3 is 1.42 bits per heavy atom. The van der Waals surface area contributed by atoms with Gasteiger partial charge in [0.05, 0.1) is 38.5 Å². The fraction of sp³-hybridized carbons (Fsp3) is 0.0667. The largest absolute Gasteiger partial charge is 0.397 e. The molecule has 0 spiro atoms. The number of rotatable bonds is 7. The van der Waals surface area contributed by atoms with Crippen molar-refractivity contribution >= 4 is 67.1 Å². The van der Waals surface area contributed by atoms with Gasteiger partial charge in [-0.1, -0.05) is 48.5 Å². The van der Waals surface area contributed by atoms with Crippen LogP contribution in [0, 0.1) is 0 Å². The third kappa shape index (κ3) is 4.69. The molecule has 4 aromatic carbocycles. The summed E-state index contributed by atoms with van der Waals surface area (Å²) in [7, 11) is -4.92. The lowest BCUT2D eigenvalue weighted by molar-refractivity contribution is 0.0980. The van der Waals surface area contributed by atoms with Crippen LogP contribution in [0.3, 0.4) is 0 Å². The predicted octanol–water partition coefficient (Wildman–Crippen LogP) is 2.75. The number of hydrogen-bond acceptors (Lipinski definition) is 11. The first-order chi connectivity index (χ1) is 21.3. The van der Waals surface area contributed by atoms with Gasteiger partial charge in [0.1, 0.15) is 4.90 Å². The molecule has 0 aromatic heterocycles. The van der Waals surface area contributed by atoms with Crippen LogP contribution in [0.25, 0.3) is 0 Å². The second-order valence-electron chi connectivity index (χ2n) is 10.2. The van der Waals surface area contributed by atoms with Crippen LogP contribution in [0.2, 0.25) is 0 Å². The molecule has 45 heavy (non-hydrogen) atoms. The average Bonchev–Trinajstić information content (AvgIpc) is 3.00. The summed E-state index contributed by atoms with van der Waals surface area (Å²) in [5, 5.41) is 5.81. The average molecular weight is 647 g/mol. The van der Waals surface area contributed by atoms with Gasteiger partial charge in [-0.15, -0.1) is 0 Å². The molecular weight excluding hydrogens is 624 g/mol. The number of anilines is 4. The van der Waals surface area contributed by atoms with E-state index >= 15 is 0 Å². The predicted molar refractivity (Wildman–Crippen MR) is 164 cm³/mol. The summed E-state index contributed by atoms with van der Waals surface area (Å²) in [5.41, 5.74) is 10.6. The van der Waals surface area contributed by atoms with Crippen LogP contribution in [0.1, 0.15) is 63.7 Å². The second-order valence-corrected chi connectivity index (χ2v) is 12.5. The maximum atomic E-state index is 13.5. The van der Waals surface area contributed by atoms with Gasteiger partial charge in [-0.3, -0.25) is 23.7 Å². The SMILES string of the molecule is Nc1c(S(=O)O)cc(NCCNc2cc(S(=O)(=O)O)c(N)c3c2C(=O)c2ccccc2C3=O)c2c1C(=O)c1ccccc1C2=O. The Balaban J connectivity index is 1.37. The van der Waals surface area contributed by atoms with Crippen molar-refractivity contribution in [3.05, 3.63) is 105 Å². The molecule has 228 valence electrons. The second kappa shape index (κ2) is 10.7. The maximum Gasteiger partial charge on any atom is 0.296 e. The number of benzene rings is 4. The highest BCUT2D eigenvalue weighted by Gasteiger charge is 2.37. The van der Waals surface area contributed by atoms with Crippen molar-refractivity contribution in [2.45, 2.75) is 9.79 Å². The van der Waals surface area contributed by atoms with E-state index in [2.05, 4.69) is 10.6 Å². The molecule has 1 unspecified atom stereocenters. The highest BCUT2D eigenvalue weighted by molar-refractivity contribution is 7.86. The Hall–Kier alpha value is -5.22. The number of nitrogens with one attached hydrogen (secondary N) is 2. The standard InChI is InChI=1S/C30H22N4O9S2/c31-25-19(44(39)40)11-17(21-23(25)29(37)15-7-3-1-5-13(15)27(21)35)33-9-10-34-18-12-20(45(41,42)43)26(32)24-22(18)28(36)14-6-2-4-8-16(14)30(24)38/h1-8,11-12,33-34H,9-10,31-32H2,(H,39,40)(H,41,42,43). The van der Waals surface area contributed by atoms with E-state index in [9.17, 15) is 40.9 Å². The minimum absolute atomic E-state index is 0.0211. The van der Waals surface area contributed by atoms with E-state index in [1.807, 2.05) is 0 Å².